The van der Waals surface area contributed by atoms with Gasteiger partial charge in [-0.15, -0.1) is 0 Å². The van der Waals surface area contributed by atoms with Crippen LogP contribution in [-0.2, 0) is 26.9 Å². The number of sulfone groups is 1. The molecule has 7 nitrogen and oxygen atoms in total. The van der Waals surface area contributed by atoms with Crippen LogP contribution in [-0.4, -0.2) is 49.3 Å². The van der Waals surface area contributed by atoms with Gasteiger partial charge in [0.25, 0.3) is 0 Å². The quantitative estimate of drug-likeness (QED) is 0.758. The summed E-state index contributed by atoms with van der Waals surface area (Å²) in [6, 6.07) is 5.93. The summed E-state index contributed by atoms with van der Waals surface area (Å²) in [5, 5.41) is 3.82. The van der Waals surface area contributed by atoms with Crippen LogP contribution in [0.2, 0.25) is 5.02 Å². The minimum Gasteiger partial charge on any atom is -0.271 e. The van der Waals surface area contributed by atoms with Crippen molar-refractivity contribution < 1.29 is 16.8 Å². The summed E-state index contributed by atoms with van der Waals surface area (Å²) in [5.41, 5.74) is 0.945. The van der Waals surface area contributed by atoms with Crippen LogP contribution in [0.5, 0.6) is 0 Å². The van der Waals surface area contributed by atoms with Gasteiger partial charge >= 0.3 is 0 Å². The molecule has 1 aromatic carbocycles. The third kappa shape index (κ3) is 3.17. The van der Waals surface area contributed by atoms with Gasteiger partial charge in [-0.3, -0.25) is 4.68 Å². The molecule has 1 atom stereocenters. The van der Waals surface area contributed by atoms with Crippen LogP contribution in [0.15, 0.2) is 34.1 Å². The summed E-state index contributed by atoms with van der Waals surface area (Å²) in [7, 11) is -5.75. The largest absolute Gasteiger partial charge is 0.271 e. The first-order valence-electron chi connectivity index (χ1n) is 8.05. The van der Waals surface area contributed by atoms with Crippen molar-refractivity contribution in [3.8, 4) is 0 Å². The van der Waals surface area contributed by atoms with Crippen LogP contribution in [0.4, 0.5) is 0 Å². The van der Waals surface area contributed by atoms with Crippen molar-refractivity contribution in [1.29, 1.82) is 0 Å². The maximum Gasteiger partial charge on any atom is 0.246 e. The Kier molecular flexibility index (Phi) is 4.93. The number of nitrogens with zero attached hydrogens (tertiary/aromatic N) is 3. The first-order valence-corrected chi connectivity index (χ1v) is 11.4. The summed E-state index contributed by atoms with van der Waals surface area (Å²) < 4.78 is 54.4. The molecule has 26 heavy (non-hydrogen) atoms. The molecule has 142 valence electrons. The molecule has 0 N–H and O–H groups in total. The zero-order valence-electron chi connectivity index (χ0n) is 14.7. The van der Waals surface area contributed by atoms with Gasteiger partial charge in [0.2, 0.25) is 10.0 Å². The molecule has 2 heterocycles. The average Bonchev–Trinajstić information content (AvgIpc) is 3.14. The lowest BCUT2D eigenvalue weighted by Gasteiger charge is -2.17. The van der Waals surface area contributed by atoms with E-state index < -0.39 is 25.1 Å². The molecule has 1 aliphatic heterocycles. The van der Waals surface area contributed by atoms with E-state index in [1.165, 1.54) is 33.3 Å². The van der Waals surface area contributed by atoms with Crippen molar-refractivity contribution in [3.05, 3.63) is 40.7 Å². The molecule has 1 aromatic heterocycles. The van der Waals surface area contributed by atoms with E-state index in [2.05, 4.69) is 5.10 Å². The minimum absolute atomic E-state index is 0.0684. The molecular weight excluding hydrogens is 398 g/mol. The smallest absolute Gasteiger partial charge is 0.246 e. The highest BCUT2D eigenvalue weighted by atomic mass is 35.5. The summed E-state index contributed by atoms with van der Waals surface area (Å²) in [6.07, 6.45) is 0.253. The molecule has 0 amide bonds. The van der Waals surface area contributed by atoms with E-state index >= 15 is 0 Å². The Morgan fingerprint density at radius 2 is 1.73 bits per heavy atom. The van der Waals surface area contributed by atoms with E-state index in [-0.39, 0.29) is 29.3 Å². The third-order valence-corrected chi connectivity index (χ3v) is 9.29. The molecule has 1 unspecified atom stereocenters. The van der Waals surface area contributed by atoms with E-state index in [9.17, 15) is 16.8 Å². The van der Waals surface area contributed by atoms with Gasteiger partial charge in [0.15, 0.2) is 9.84 Å². The van der Waals surface area contributed by atoms with Crippen molar-refractivity contribution in [3.63, 3.8) is 0 Å². The Balaban J connectivity index is 1.89. The maximum absolute atomic E-state index is 13.0. The highest BCUT2D eigenvalue weighted by Gasteiger charge is 2.41. The lowest BCUT2D eigenvalue weighted by molar-refractivity contribution is 0.475. The highest BCUT2D eigenvalue weighted by Crippen LogP contribution is 2.30. The Bertz CT molecular complexity index is 1040. The number of aromatic nitrogens is 2. The Morgan fingerprint density at radius 3 is 2.27 bits per heavy atom. The van der Waals surface area contributed by atoms with E-state index in [4.69, 9.17) is 11.6 Å². The summed E-state index contributed by atoms with van der Waals surface area (Å²) >= 11 is 5.81. The van der Waals surface area contributed by atoms with Gasteiger partial charge in [-0.05, 0) is 44.5 Å². The first kappa shape index (κ1) is 19.3. The van der Waals surface area contributed by atoms with Crippen LogP contribution in [0.3, 0.4) is 0 Å². The Labute approximate surface area is 158 Å². The molecule has 0 bridgehead atoms. The molecule has 0 radical (unpaired) electrons. The molecule has 0 aliphatic carbocycles. The van der Waals surface area contributed by atoms with Crippen molar-refractivity contribution in [2.24, 2.45) is 7.05 Å². The van der Waals surface area contributed by atoms with Gasteiger partial charge in [-0.2, -0.15) is 9.40 Å². The molecular formula is C16H20ClN3O4S2. The Morgan fingerprint density at radius 1 is 1.12 bits per heavy atom. The zero-order chi connectivity index (χ0) is 19.3. The normalized spacial score (nSPS) is 19.2. The van der Waals surface area contributed by atoms with E-state index in [0.29, 0.717) is 16.4 Å². The number of benzene rings is 1. The fourth-order valence-electron chi connectivity index (χ4n) is 3.24. The van der Waals surface area contributed by atoms with Gasteiger partial charge < -0.3 is 0 Å². The van der Waals surface area contributed by atoms with Crippen LogP contribution in [0.1, 0.15) is 17.8 Å². The predicted octanol–water partition coefficient (Wildman–Crippen LogP) is 1.93. The molecule has 3 rings (SSSR count). The number of sulfonamides is 1. The van der Waals surface area contributed by atoms with E-state index in [1.54, 1.807) is 20.9 Å². The SMILES string of the molecule is Cc1nn(C)c(C)c1S(=O)(=O)N1CCC(S(=O)(=O)c2ccc(Cl)cc2)C1. The van der Waals surface area contributed by atoms with Crippen LogP contribution in [0, 0.1) is 13.8 Å². The standard InChI is InChI=1S/C16H20ClN3O4S2/c1-11-16(12(2)19(3)18-11)26(23,24)20-9-8-15(10-20)25(21,22)14-6-4-13(17)5-7-14/h4-7,15H,8-10H2,1-3H3. The monoisotopic (exact) mass is 417 g/mol. The molecule has 0 spiro atoms. The maximum atomic E-state index is 13.0. The number of aryl methyl sites for hydroxylation is 2. The average molecular weight is 418 g/mol. The van der Waals surface area contributed by atoms with E-state index in [0.717, 1.165) is 0 Å². The van der Waals surface area contributed by atoms with Crippen molar-refractivity contribution >= 4 is 31.5 Å². The van der Waals surface area contributed by atoms with Crippen LogP contribution >= 0.6 is 11.6 Å². The minimum atomic E-state index is -3.80. The van der Waals surface area contributed by atoms with Gasteiger partial charge in [0.05, 0.1) is 21.5 Å². The summed E-state index contributed by atoms with van der Waals surface area (Å²) in [5.74, 6) is 0. The van der Waals surface area contributed by atoms with Gasteiger partial charge in [0.1, 0.15) is 4.90 Å². The lowest BCUT2D eigenvalue weighted by atomic mass is 10.4. The fourth-order valence-corrected chi connectivity index (χ4v) is 7.05. The van der Waals surface area contributed by atoms with Crippen LogP contribution < -0.4 is 0 Å². The van der Waals surface area contributed by atoms with Crippen molar-refractivity contribution in [1.82, 2.24) is 14.1 Å². The number of rotatable bonds is 4. The molecule has 1 aliphatic rings. The van der Waals surface area contributed by atoms with Gasteiger partial charge in [0, 0.05) is 25.2 Å². The second-order valence-corrected chi connectivity index (χ2v) is 10.9. The van der Waals surface area contributed by atoms with Crippen molar-refractivity contribution in [2.45, 2.75) is 35.3 Å². The summed E-state index contributed by atoms with van der Waals surface area (Å²) in [6.45, 7) is 3.41. The van der Waals surface area contributed by atoms with E-state index in [1.807, 2.05) is 0 Å². The fraction of sp³-hybridized carbons (Fsp3) is 0.438. The highest BCUT2D eigenvalue weighted by molar-refractivity contribution is 7.92. The topological polar surface area (TPSA) is 89.3 Å². The van der Waals surface area contributed by atoms with Crippen LogP contribution in [0.25, 0.3) is 0 Å². The molecule has 0 saturated carbocycles. The van der Waals surface area contributed by atoms with Gasteiger partial charge in [-0.1, -0.05) is 11.6 Å². The number of hydrogen-bond donors (Lipinski definition) is 0. The molecule has 1 fully saturated rings. The predicted molar refractivity (Wildman–Crippen MR) is 98.5 cm³/mol. The first-order chi connectivity index (χ1) is 12.0. The number of halogens is 1. The molecule has 10 heteroatoms. The molecule has 2 aromatic rings. The van der Waals surface area contributed by atoms with Gasteiger partial charge in [-0.25, -0.2) is 16.8 Å². The zero-order valence-corrected chi connectivity index (χ0v) is 17.1. The second-order valence-electron chi connectivity index (χ2n) is 6.40. The third-order valence-electron chi connectivity index (χ3n) is 4.73. The second kappa shape index (κ2) is 6.63. The molecule has 1 saturated heterocycles. The number of hydrogen-bond acceptors (Lipinski definition) is 5. The lowest BCUT2D eigenvalue weighted by Crippen LogP contribution is -2.32. The summed E-state index contributed by atoms with van der Waals surface area (Å²) in [4.78, 5) is 0.310. The van der Waals surface area contributed by atoms with Crippen molar-refractivity contribution in [2.75, 3.05) is 13.1 Å². The Hall–Kier alpha value is -1.42.